The molecule has 0 atom stereocenters. The van der Waals surface area contributed by atoms with E-state index in [2.05, 4.69) is 6.58 Å². The van der Waals surface area contributed by atoms with Crippen molar-refractivity contribution < 1.29 is 14.6 Å². The predicted octanol–water partition coefficient (Wildman–Crippen LogP) is 1.64. The summed E-state index contributed by atoms with van der Waals surface area (Å²) in [6, 6.07) is 4.91. The van der Waals surface area contributed by atoms with Crippen LogP contribution in [-0.2, 0) is 16.0 Å². The molecule has 0 aliphatic rings. The van der Waals surface area contributed by atoms with Crippen molar-refractivity contribution in [2.24, 2.45) is 0 Å². The number of aromatic hydroxyl groups is 1. The second-order valence-electron chi connectivity index (χ2n) is 3.56. The van der Waals surface area contributed by atoms with Gasteiger partial charge in [-0.2, -0.15) is 0 Å². The summed E-state index contributed by atoms with van der Waals surface area (Å²) in [6.07, 6.45) is 0.559. The fourth-order valence-electron chi connectivity index (χ4n) is 1.14. The minimum atomic E-state index is -0.397. The Morgan fingerprint density at radius 3 is 2.81 bits per heavy atom. The minimum Gasteiger partial charge on any atom is -0.506 e. The largest absolute Gasteiger partial charge is 0.506 e. The average molecular weight is 221 g/mol. The van der Waals surface area contributed by atoms with Crippen LogP contribution in [0.5, 0.6) is 5.75 Å². The van der Waals surface area contributed by atoms with E-state index < -0.39 is 5.97 Å². The highest BCUT2D eigenvalue weighted by molar-refractivity contribution is 5.86. The number of phenols is 1. The maximum absolute atomic E-state index is 11.1. The second kappa shape index (κ2) is 5.21. The van der Waals surface area contributed by atoms with E-state index in [1.54, 1.807) is 19.1 Å². The molecule has 0 heterocycles. The molecule has 0 fully saturated rings. The lowest BCUT2D eigenvalue weighted by molar-refractivity contribution is -0.138. The third kappa shape index (κ3) is 3.31. The summed E-state index contributed by atoms with van der Waals surface area (Å²) in [5.74, 6) is -0.338. The Hall–Kier alpha value is -1.97. The molecule has 16 heavy (non-hydrogen) atoms. The molecule has 3 N–H and O–H groups in total. The first kappa shape index (κ1) is 12.1. The maximum Gasteiger partial charge on any atom is 0.333 e. The van der Waals surface area contributed by atoms with Crippen molar-refractivity contribution in [1.29, 1.82) is 0 Å². The summed E-state index contributed by atoms with van der Waals surface area (Å²) in [5, 5.41) is 9.21. The Balaban J connectivity index is 2.46. The topological polar surface area (TPSA) is 72.5 Å². The summed E-state index contributed by atoms with van der Waals surface area (Å²) in [4.78, 5) is 11.1. The highest BCUT2D eigenvalue weighted by Gasteiger charge is 2.03. The van der Waals surface area contributed by atoms with E-state index in [0.29, 0.717) is 17.7 Å². The van der Waals surface area contributed by atoms with Crippen LogP contribution in [-0.4, -0.2) is 17.7 Å². The van der Waals surface area contributed by atoms with Gasteiger partial charge in [0.25, 0.3) is 0 Å². The number of esters is 1. The van der Waals surface area contributed by atoms with Gasteiger partial charge in [-0.3, -0.25) is 0 Å². The van der Waals surface area contributed by atoms with Gasteiger partial charge in [0.05, 0.1) is 12.3 Å². The van der Waals surface area contributed by atoms with Crippen molar-refractivity contribution in [2.45, 2.75) is 13.3 Å². The van der Waals surface area contributed by atoms with Gasteiger partial charge in [0.1, 0.15) is 5.75 Å². The lowest BCUT2D eigenvalue weighted by Gasteiger charge is -2.05. The summed E-state index contributed by atoms with van der Waals surface area (Å²) in [7, 11) is 0. The third-order valence-corrected chi connectivity index (χ3v) is 2.06. The summed E-state index contributed by atoms with van der Waals surface area (Å²) in [5.41, 5.74) is 7.14. The average Bonchev–Trinajstić information content (AvgIpc) is 2.23. The molecule has 0 saturated carbocycles. The van der Waals surface area contributed by atoms with Gasteiger partial charge in [0.15, 0.2) is 0 Å². The molecule has 4 nitrogen and oxygen atoms in total. The number of benzene rings is 1. The van der Waals surface area contributed by atoms with Crippen molar-refractivity contribution in [3.05, 3.63) is 35.9 Å². The molecule has 0 bridgehead atoms. The van der Waals surface area contributed by atoms with Crippen molar-refractivity contribution in [3.8, 4) is 5.75 Å². The van der Waals surface area contributed by atoms with Gasteiger partial charge < -0.3 is 15.6 Å². The summed E-state index contributed by atoms with van der Waals surface area (Å²) >= 11 is 0. The van der Waals surface area contributed by atoms with Crippen LogP contribution >= 0.6 is 0 Å². The second-order valence-corrected chi connectivity index (χ2v) is 3.56. The Kier molecular flexibility index (Phi) is 3.94. The third-order valence-electron chi connectivity index (χ3n) is 2.06. The number of ether oxygens (including phenoxy) is 1. The van der Waals surface area contributed by atoms with Gasteiger partial charge in [0, 0.05) is 12.0 Å². The number of carbonyl (C=O) groups excluding carboxylic acids is 1. The minimum absolute atomic E-state index is 0.0580. The van der Waals surface area contributed by atoms with E-state index in [-0.39, 0.29) is 12.4 Å². The highest BCUT2D eigenvalue weighted by Crippen LogP contribution is 2.20. The Morgan fingerprint density at radius 2 is 2.25 bits per heavy atom. The number of hydrogen-bond acceptors (Lipinski definition) is 4. The zero-order valence-electron chi connectivity index (χ0n) is 9.19. The molecule has 0 radical (unpaired) electrons. The summed E-state index contributed by atoms with van der Waals surface area (Å²) in [6.45, 7) is 5.35. The van der Waals surface area contributed by atoms with Gasteiger partial charge in [-0.05, 0) is 24.6 Å². The molecule has 0 unspecified atom stereocenters. The van der Waals surface area contributed by atoms with Gasteiger partial charge in [-0.15, -0.1) is 0 Å². The van der Waals surface area contributed by atoms with Gasteiger partial charge in [-0.25, -0.2) is 4.79 Å². The number of hydrogen-bond donors (Lipinski definition) is 2. The smallest absolute Gasteiger partial charge is 0.333 e. The van der Waals surface area contributed by atoms with E-state index in [9.17, 15) is 9.90 Å². The van der Waals surface area contributed by atoms with E-state index in [1.165, 1.54) is 6.07 Å². The fourth-order valence-corrected chi connectivity index (χ4v) is 1.14. The van der Waals surface area contributed by atoms with Gasteiger partial charge >= 0.3 is 5.97 Å². The van der Waals surface area contributed by atoms with Crippen LogP contribution in [0.1, 0.15) is 12.5 Å². The van der Waals surface area contributed by atoms with E-state index in [0.717, 1.165) is 5.56 Å². The molecule has 1 rings (SSSR count). The molecule has 0 aliphatic carbocycles. The molecule has 0 amide bonds. The zero-order valence-corrected chi connectivity index (χ0v) is 9.19. The first-order chi connectivity index (χ1) is 7.50. The molecule has 0 aromatic heterocycles. The van der Waals surface area contributed by atoms with E-state index in [4.69, 9.17) is 10.5 Å². The lowest BCUT2D eigenvalue weighted by Crippen LogP contribution is -2.08. The number of rotatable bonds is 4. The molecule has 1 aromatic carbocycles. The van der Waals surface area contributed by atoms with E-state index >= 15 is 0 Å². The van der Waals surface area contributed by atoms with Crippen LogP contribution in [0, 0.1) is 0 Å². The Morgan fingerprint density at radius 1 is 1.56 bits per heavy atom. The number of carbonyl (C=O) groups is 1. The molecule has 0 saturated heterocycles. The van der Waals surface area contributed by atoms with Crippen molar-refractivity contribution >= 4 is 11.7 Å². The predicted molar refractivity (Wildman–Crippen MR) is 62.0 cm³/mol. The number of nitrogens with two attached hydrogens (primary N) is 1. The monoisotopic (exact) mass is 221 g/mol. The van der Waals surface area contributed by atoms with Gasteiger partial charge in [-0.1, -0.05) is 12.6 Å². The molecule has 0 spiro atoms. The molecular formula is C12H15NO3. The molecule has 0 aliphatic heterocycles. The molecular weight excluding hydrogens is 206 g/mol. The summed E-state index contributed by atoms with van der Waals surface area (Å²) < 4.78 is 4.94. The fraction of sp³-hybridized carbons (Fsp3) is 0.250. The van der Waals surface area contributed by atoms with Crippen molar-refractivity contribution in [2.75, 3.05) is 12.3 Å². The SMILES string of the molecule is C=C(C)C(=O)OCCc1ccc(O)c(N)c1. The number of anilines is 1. The normalized spacial score (nSPS) is 9.81. The van der Waals surface area contributed by atoms with E-state index in [1.807, 2.05) is 0 Å². The van der Waals surface area contributed by atoms with Crippen LogP contribution in [0.3, 0.4) is 0 Å². The van der Waals surface area contributed by atoms with Crippen LogP contribution < -0.4 is 5.73 Å². The molecule has 4 heteroatoms. The maximum atomic E-state index is 11.1. The molecule has 86 valence electrons. The number of nitrogen functional groups attached to an aromatic ring is 1. The van der Waals surface area contributed by atoms with Crippen molar-refractivity contribution in [1.82, 2.24) is 0 Å². The van der Waals surface area contributed by atoms with Gasteiger partial charge in [0.2, 0.25) is 0 Å². The quantitative estimate of drug-likeness (QED) is 0.351. The van der Waals surface area contributed by atoms with Crippen LogP contribution in [0.2, 0.25) is 0 Å². The lowest BCUT2D eigenvalue weighted by atomic mass is 10.1. The molecule has 1 aromatic rings. The van der Waals surface area contributed by atoms with Crippen LogP contribution in [0.15, 0.2) is 30.4 Å². The zero-order chi connectivity index (χ0) is 12.1. The number of phenolic OH excluding ortho intramolecular Hbond substituents is 1. The van der Waals surface area contributed by atoms with Crippen LogP contribution in [0.4, 0.5) is 5.69 Å². The van der Waals surface area contributed by atoms with Crippen molar-refractivity contribution in [3.63, 3.8) is 0 Å². The van der Waals surface area contributed by atoms with Crippen LogP contribution in [0.25, 0.3) is 0 Å². The highest BCUT2D eigenvalue weighted by atomic mass is 16.5. The first-order valence-electron chi connectivity index (χ1n) is 4.90. The standard InChI is InChI=1S/C12H15NO3/c1-8(2)12(15)16-6-5-9-3-4-11(14)10(13)7-9/h3-4,7,14H,1,5-6,13H2,2H3. The first-order valence-corrected chi connectivity index (χ1v) is 4.90. The Bertz CT molecular complexity index is 413. The Labute approximate surface area is 94.3 Å².